The molecule has 1 aliphatic rings. The lowest BCUT2D eigenvalue weighted by Crippen LogP contribution is -2.28. The van der Waals surface area contributed by atoms with Crippen LogP contribution in [-0.2, 0) is 5.41 Å². The Bertz CT molecular complexity index is 550. The van der Waals surface area contributed by atoms with Crippen molar-refractivity contribution in [2.45, 2.75) is 57.4 Å². The quantitative estimate of drug-likeness (QED) is 0.856. The van der Waals surface area contributed by atoms with Crippen molar-refractivity contribution in [3.8, 4) is 0 Å². The number of rotatable bonds is 5. The highest BCUT2D eigenvalue weighted by molar-refractivity contribution is 7.10. The summed E-state index contributed by atoms with van der Waals surface area (Å²) >= 11 is 1.83. The zero-order valence-electron chi connectivity index (χ0n) is 13.0. The molecule has 0 spiro atoms. The van der Waals surface area contributed by atoms with Gasteiger partial charge in [0.2, 0.25) is 5.95 Å². The molecule has 4 heteroatoms. The number of hydrogen-bond acceptors (Lipinski definition) is 3. The number of nitrogens with one attached hydrogen (secondary N) is 1. The van der Waals surface area contributed by atoms with Gasteiger partial charge in [-0.3, -0.25) is 0 Å². The average Bonchev–Trinajstić information content (AvgIpc) is 3.18. The standard InChI is InChI=1S/C17H25N3S/c1-17(2,15-9-6-12-21-15)13-19-16-18-10-11-20(16)14-7-4-3-5-8-14/h6,9-12,14H,3-5,7-8,13H2,1-2H3,(H,18,19). The van der Waals surface area contributed by atoms with Crippen molar-refractivity contribution in [3.05, 3.63) is 34.8 Å². The maximum atomic E-state index is 4.53. The average molecular weight is 303 g/mol. The van der Waals surface area contributed by atoms with Crippen LogP contribution in [0.4, 0.5) is 5.95 Å². The minimum atomic E-state index is 0.136. The van der Waals surface area contributed by atoms with Gasteiger partial charge in [-0.05, 0) is 24.3 Å². The Kier molecular flexibility index (Phi) is 4.34. The summed E-state index contributed by atoms with van der Waals surface area (Å²) in [5.74, 6) is 1.03. The van der Waals surface area contributed by atoms with Crippen LogP contribution in [0.3, 0.4) is 0 Å². The third-order valence-electron chi connectivity index (χ3n) is 4.51. The van der Waals surface area contributed by atoms with E-state index in [0.717, 1.165) is 12.5 Å². The molecule has 0 bridgehead atoms. The minimum absolute atomic E-state index is 0.136. The van der Waals surface area contributed by atoms with Crippen molar-refractivity contribution in [2.75, 3.05) is 11.9 Å². The number of aromatic nitrogens is 2. The second kappa shape index (κ2) is 6.22. The van der Waals surface area contributed by atoms with Gasteiger partial charge < -0.3 is 9.88 Å². The van der Waals surface area contributed by atoms with E-state index in [1.165, 1.54) is 37.0 Å². The van der Waals surface area contributed by atoms with Crippen LogP contribution in [0.15, 0.2) is 29.9 Å². The lowest BCUT2D eigenvalue weighted by Gasteiger charge is -2.27. The third-order valence-corrected chi connectivity index (χ3v) is 5.75. The summed E-state index contributed by atoms with van der Waals surface area (Å²) in [5, 5.41) is 5.73. The summed E-state index contributed by atoms with van der Waals surface area (Å²) in [6, 6.07) is 4.98. The molecule has 3 rings (SSSR count). The second-order valence-electron chi connectivity index (χ2n) is 6.66. The summed E-state index contributed by atoms with van der Waals surface area (Å²) in [5.41, 5.74) is 0.136. The molecular weight excluding hydrogens is 278 g/mol. The zero-order chi connectivity index (χ0) is 14.7. The summed E-state index contributed by atoms with van der Waals surface area (Å²) < 4.78 is 2.35. The highest BCUT2D eigenvalue weighted by Crippen LogP contribution is 2.31. The van der Waals surface area contributed by atoms with Crippen molar-refractivity contribution >= 4 is 17.3 Å². The number of anilines is 1. The van der Waals surface area contributed by atoms with Crippen LogP contribution in [0.25, 0.3) is 0 Å². The number of thiophene rings is 1. The fourth-order valence-corrected chi connectivity index (χ4v) is 4.01. The van der Waals surface area contributed by atoms with Gasteiger partial charge in [0, 0.05) is 35.3 Å². The van der Waals surface area contributed by atoms with Crippen LogP contribution >= 0.6 is 11.3 Å². The highest BCUT2D eigenvalue weighted by Gasteiger charge is 2.23. The van der Waals surface area contributed by atoms with Crippen LogP contribution in [-0.4, -0.2) is 16.1 Å². The van der Waals surface area contributed by atoms with Crippen molar-refractivity contribution in [2.24, 2.45) is 0 Å². The molecule has 0 radical (unpaired) electrons. The van der Waals surface area contributed by atoms with E-state index in [0.29, 0.717) is 6.04 Å². The Balaban J connectivity index is 1.67. The van der Waals surface area contributed by atoms with Gasteiger partial charge >= 0.3 is 0 Å². The normalized spacial score (nSPS) is 17.0. The highest BCUT2D eigenvalue weighted by atomic mass is 32.1. The number of nitrogens with zero attached hydrogens (tertiary/aromatic N) is 2. The molecular formula is C17H25N3S. The molecule has 3 nitrogen and oxygen atoms in total. The number of imidazole rings is 1. The molecule has 21 heavy (non-hydrogen) atoms. The Morgan fingerprint density at radius 2 is 2.14 bits per heavy atom. The van der Waals surface area contributed by atoms with Crippen molar-refractivity contribution in [1.82, 2.24) is 9.55 Å². The molecule has 2 aromatic heterocycles. The molecule has 114 valence electrons. The van der Waals surface area contributed by atoms with E-state index in [1.54, 1.807) is 0 Å². The molecule has 1 aliphatic carbocycles. The first-order chi connectivity index (χ1) is 10.2. The second-order valence-corrected chi connectivity index (χ2v) is 7.61. The van der Waals surface area contributed by atoms with Crippen molar-refractivity contribution in [3.63, 3.8) is 0 Å². The lowest BCUT2D eigenvalue weighted by molar-refractivity contribution is 0.355. The van der Waals surface area contributed by atoms with Crippen LogP contribution in [0, 0.1) is 0 Å². The summed E-state index contributed by atoms with van der Waals surface area (Å²) in [6.45, 7) is 5.50. The molecule has 0 unspecified atom stereocenters. The first-order valence-corrected chi connectivity index (χ1v) is 8.85. The predicted molar refractivity (Wildman–Crippen MR) is 90.2 cm³/mol. The van der Waals surface area contributed by atoms with Crippen LogP contribution in [0.2, 0.25) is 0 Å². The van der Waals surface area contributed by atoms with Crippen LogP contribution < -0.4 is 5.32 Å². The van der Waals surface area contributed by atoms with Gasteiger partial charge in [0.05, 0.1) is 0 Å². The molecule has 0 saturated heterocycles. The lowest BCUT2D eigenvalue weighted by atomic mass is 9.91. The van der Waals surface area contributed by atoms with Gasteiger partial charge in [0.15, 0.2) is 0 Å². The molecule has 1 N–H and O–H groups in total. The zero-order valence-corrected chi connectivity index (χ0v) is 13.8. The van der Waals surface area contributed by atoms with Gasteiger partial charge in [-0.15, -0.1) is 11.3 Å². The van der Waals surface area contributed by atoms with Crippen molar-refractivity contribution in [1.29, 1.82) is 0 Å². The topological polar surface area (TPSA) is 29.9 Å². The number of hydrogen-bond donors (Lipinski definition) is 1. The van der Waals surface area contributed by atoms with E-state index in [-0.39, 0.29) is 5.41 Å². The Hall–Kier alpha value is -1.29. The molecule has 0 atom stereocenters. The smallest absolute Gasteiger partial charge is 0.203 e. The van der Waals surface area contributed by atoms with Crippen molar-refractivity contribution < 1.29 is 0 Å². The molecule has 1 saturated carbocycles. The Labute approximate surface area is 131 Å². The van der Waals surface area contributed by atoms with Crippen LogP contribution in [0.1, 0.15) is 56.9 Å². The van der Waals surface area contributed by atoms with E-state index >= 15 is 0 Å². The predicted octanol–water partition coefficient (Wildman–Crippen LogP) is 4.84. The molecule has 1 fully saturated rings. The van der Waals surface area contributed by atoms with E-state index in [4.69, 9.17) is 0 Å². The first-order valence-electron chi connectivity index (χ1n) is 7.97. The Morgan fingerprint density at radius 3 is 2.86 bits per heavy atom. The fraction of sp³-hybridized carbons (Fsp3) is 0.588. The summed E-state index contributed by atoms with van der Waals surface area (Å²) in [4.78, 5) is 5.95. The monoisotopic (exact) mass is 303 g/mol. The van der Waals surface area contributed by atoms with E-state index in [1.807, 2.05) is 17.5 Å². The SMILES string of the molecule is CC(C)(CNc1nccn1C1CCCCC1)c1cccs1. The fourth-order valence-electron chi connectivity index (χ4n) is 3.15. The van der Waals surface area contributed by atoms with E-state index < -0.39 is 0 Å². The third kappa shape index (κ3) is 3.31. The maximum Gasteiger partial charge on any atom is 0.203 e. The minimum Gasteiger partial charge on any atom is -0.355 e. The van der Waals surface area contributed by atoms with Gasteiger partial charge in [0.1, 0.15) is 0 Å². The first kappa shape index (κ1) is 14.6. The van der Waals surface area contributed by atoms with Gasteiger partial charge in [-0.1, -0.05) is 39.2 Å². The van der Waals surface area contributed by atoms with Gasteiger partial charge in [-0.25, -0.2) is 4.98 Å². The molecule has 0 aliphatic heterocycles. The summed E-state index contributed by atoms with van der Waals surface area (Å²) in [6.07, 6.45) is 10.7. The van der Waals surface area contributed by atoms with E-state index in [9.17, 15) is 0 Å². The largest absolute Gasteiger partial charge is 0.355 e. The molecule has 2 heterocycles. The van der Waals surface area contributed by atoms with Gasteiger partial charge in [0.25, 0.3) is 0 Å². The molecule has 0 amide bonds. The maximum absolute atomic E-state index is 4.53. The molecule has 0 aromatic carbocycles. The van der Waals surface area contributed by atoms with Gasteiger partial charge in [-0.2, -0.15) is 0 Å². The van der Waals surface area contributed by atoms with E-state index in [2.05, 4.69) is 52.4 Å². The Morgan fingerprint density at radius 1 is 1.33 bits per heavy atom. The molecule has 2 aromatic rings. The summed E-state index contributed by atoms with van der Waals surface area (Å²) in [7, 11) is 0. The van der Waals surface area contributed by atoms with Crippen LogP contribution in [0.5, 0.6) is 0 Å².